The molecule has 0 atom stereocenters. The summed E-state index contributed by atoms with van der Waals surface area (Å²) < 4.78 is 0. The van der Waals surface area contributed by atoms with Crippen LogP contribution < -0.4 is 9.80 Å². The van der Waals surface area contributed by atoms with Crippen LogP contribution in [0.1, 0.15) is 139 Å². The van der Waals surface area contributed by atoms with Crippen molar-refractivity contribution in [2.75, 3.05) is 9.80 Å². The van der Waals surface area contributed by atoms with E-state index in [2.05, 4.69) is 249 Å². The fourth-order valence-electron chi connectivity index (χ4n) is 14.6. The van der Waals surface area contributed by atoms with Crippen LogP contribution in [-0.4, -0.2) is 0 Å². The van der Waals surface area contributed by atoms with E-state index in [0.717, 1.165) is 77.0 Å². The van der Waals surface area contributed by atoms with E-state index in [1.807, 2.05) is 0 Å². The minimum absolute atomic E-state index is 0.976. The molecule has 0 bridgehead atoms. The van der Waals surface area contributed by atoms with Gasteiger partial charge in [0.1, 0.15) is 0 Å². The average molecular weight is 1070 g/mol. The van der Waals surface area contributed by atoms with Crippen molar-refractivity contribution in [3.63, 3.8) is 0 Å². The Hall–Kier alpha value is -7.94. The SMILES string of the molecule is CCC1=C(CC)CCC(N(c2cc(CC)c(CC)c(CC)c2)c2cc(-c3ccc4ccccc4c3)c3ccc4c(N(c5ccc(CC)c(CC)c5)c5cc(CC)c(CC)c(CC)c5)cc(-c5ccc6ccccc6c5)c5ccc2c3c54)=C1. The van der Waals surface area contributed by atoms with E-state index >= 15 is 0 Å². The zero-order valence-electron chi connectivity index (χ0n) is 50.5. The van der Waals surface area contributed by atoms with Crippen molar-refractivity contribution in [2.45, 2.75) is 146 Å². The Balaban J connectivity index is 1.28. The van der Waals surface area contributed by atoms with E-state index < -0.39 is 0 Å². The summed E-state index contributed by atoms with van der Waals surface area (Å²) in [6.07, 6.45) is 14.8. The van der Waals surface area contributed by atoms with E-state index in [0.29, 0.717) is 0 Å². The molecule has 2 nitrogen and oxygen atoms in total. The maximum atomic E-state index is 2.73. The molecule has 0 aliphatic heterocycles. The summed E-state index contributed by atoms with van der Waals surface area (Å²) in [6, 6.07) is 64.6. The number of hydrogen-bond acceptors (Lipinski definition) is 2. The molecular formula is C80H82N2. The highest BCUT2D eigenvalue weighted by Crippen LogP contribution is 2.53. The minimum Gasteiger partial charge on any atom is -0.314 e. The van der Waals surface area contributed by atoms with Crippen LogP contribution in [0.4, 0.5) is 28.4 Å². The molecule has 0 unspecified atom stereocenters. The molecule has 11 aromatic rings. The Labute approximate surface area is 489 Å². The summed E-state index contributed by atoms with van der Waals surface area (Å²) in [5, 5.41) is 12.7. The van der Waals surface area contributed by atoms with Gasteiger partial charge in [0.2, 0.25) is 0 Å². The number of allylic oxidation sites excluding steroid dienone is 4. The monoisotopic (exact) mass is 1070 g/mol. The summed E-state index contributed by atoms with van der Waals surface area (Å²) in [4.78, 5) is 5.37. The third kappa shape index (κ3) is 9.47. The predicted octanol–water partition coefficient (Wildman–Crippen LogP) is 23.1. The Morgan fingerprint density at radius 2 is 0.756 bits per heavy atom. The van der Waals surface area contributed by atoms with E-state index in [1.54, 1.807) is 5.57 Å². The lowest BCUT2D eigenvalue weighted by atomic mass is 9.84. The van der Waals surface area contributed by atoms with Gasteiger partial charge in [-0.3, -0.25) is 0 Å². The lowest BCUT2D eigenvalue weighted by Gasteiger charge is -2.34. The summed E-state index contributed by atoms with van der Waals surface area (Å²) in [5.74, 6) is 0. The molecule has 12 rings (SSSR count). The molecule has 0 saturated carbocycles. The largest absolute Gasteiger partial charge is 0.314 e. The van der Waals surface area contributed by atoms with Gasteiger partial charge in [0, 0.05) is 44.3 Å². The summed E-state index contributed by atoms with van der Waals surface area (Å²) in [7, 11) is 0. The van der Waals surface area contributed by atoms with Crippen molar-refractivity contribution in [2.24, 2.45) is 0 Å². The molecule has 11 aromatic carbocycles. The molecule has 2 heteroatoms. The van der Waals surface area contributed by atoms with Gasteiger partial charge in [-0.1, -0.05) is 178 Å². The van der Waals surface area contributed by atoms with Crippen LogP contribution in [0.3, 0.4) is 0 Å². The van der Waals surface area contributed by atoms with Crippen molar-refractivity contribution in [3.05, 3.63) is 231 Å². The van der Waals surface area contributed by atoms with Crippen LogP contribution in [0.2, 0.25) is 0 Å². The number of hydrogen-bond donors (Lipinski definition) is 0. The van der Waals surface area contributed by atoms with Gasteiger partial charge in [-0.15, -0.1) is 0 Å². The van der Waals surface area contributed by atoms with Crippen LogP contribution in [-0.2, 0) is 51.4 Å². The molecule has 0 radical (unpaired) electrons. The highest BCUT2D eigenvalue weighted by molar-refractivity contribution is 6.32. The lowest BCUT2D eigenvalue weighted by Crippen LogP contribution is -2.20. The summed E-state index contributed by atoms with van der Waals surface area (Å²) in [6.45, 7) is 23.4. The third-order valence-corrected chi connectivity index (χ3v) is 18.8. The van der Waals surface area contributed by atoms with Crippen LogP contribution >= 0.6 is 0 Å². The zero-order chi connectivity index (χ0) is 56.8. The van der Waals surface area contributed by atoms with Crippen LogP contribution in [0.15, 0.2) is 187 Å². The highest BCUT2D eigenvalue weighted by atomic mass is 15.2. The topological polar surface area (TPSA) is 6.48 Å². The Morgan fingerprint density at radius 3 is 1.21 bits per heavy atom. The Bertz CT molecular complexity index is 4240. The van der Waals surface area contributed by atoms with Crippen molar-refractivity contribution in [1.82, 2.24) is 0 Å². The summed E-state index contributed by atoms with van der Waals surface area (Å²) >= 11 is 0. The number of anilines is 5. The zero-order valence-corrected chi connectivity index (χ0v) is 50.5. The third-order valence-electron chi connectivity index (χ3n) is 18.8. The summed E-state index contributed by atoms with van der Waals surface area (Å²) in [5.41, 5.74) is 27.2. The molecular weight excluding hydrogens is 989 g/mol. The van der Waals surface area contributed by atoms with Crippen LogP contribution in [0.25, 0.3) is 76.1 Å². The fourth-order valence-corrected chi connectivity index (χ4v) is 14.6. The first-order chi connectivity index (χ1) is 40.2. The smallest absolute Gasteiger partial charge is 0.0546 e. The van der Waals surface area contributed by atoms with E-state index in [1.165, 1.54) is 160 Å². The number of nitrogens with zero attached hydrogens (tertiary/aromatic N) is 2. The van der Waals surface area contributed by atoms with E-state index in [4.69, 9.17) is 0 Å². The second kappa shape index (κ2) is 23.1. The predicted molar refractivity (Wildman–Crippen MR) is 359 cm³/mol. The van der Waals surface area contributed by atoms with Crippen molar-refractivity contribution in [1.29, 1.82) is 0 Å². The average Bonchev–Trinajstić information content (AvgIpc) is 1.13. The number of benzene rings is 11. The molecule has 1 aliphatic rings. The van der Waals surface area contributed by atoms with Crippen LogP contribution in [0, 0.1) is 0 Å². The number of aryl methyl sites for hydroxylation is 6. The van der Waals surface area contributed by atoms with Gasteiger partial charge in [0.05, 0.1) is 11.4 Å². The Morgan fingerprint density at radius 1 is 0.317 bits per heavy atom. The Kier molecular flexibility index (Phi) is 15.4. The molecule has 0 saturated heterocycles. The molecule has 0 N–H and O–H groups in total. The molecule has 0 fully saturated rings. The van der Waals surface area contributed by atoms with Gasteiger partial charge >= 0.3 is 0 Å². The quantitative estimate of drug-likeness (QED) is 0.0790. The maximum absolute atomic E-state index is 2.73. The second-order valence-corrected chi connectivity index (χ2v) is 23.0. The van der Waals surface area contributed by atoms with Gasteiger partial charge < -0.3 is 9.80 Å². The first-order valence-corrected chi connectivity index (χ1v) is 31.4. The van der Waals surface area contributed by atoms with Crippen molar-refractivity contribution >= 4 is 82.3 Å². The highest BCUT2D eigenvalue weighted by Gasteiger charge is 2.29. The normalized spacial score (nSPS) is 12.9. The molecule has 0 spiro atoms. The standard InChI is InChI=1S/C80H82N2/c1-11-51-33-35-65(43-53(51)13-3)81(67-45-55(15-5)69(19-9)56(16-6)46-67)77-49-75(63-31-29-59-25-21-23-27-61(59)41-63)71-38-40-74-78(50-76(72-37-39-73(77)79(71)80(72)74)64-32-30-60-26-22-24-28-62(60)42-64)82(66-36-34-52(12-2)54(14-4)44-66)68-47-57(17-7)70(20-10)58(18-8)48-68/h21-33,35,37-50H,11-20,34,36H2,1-10H3. The number of fused-ring (bicyclic) bond motifs is 2. The van der Waals surface area contributed by atoms with E-state index in [9.17, 15) is 0 Å². The molecule has 82 heavy (non-hydrogen) atoms. The van der Waals surface area contributed by atoms with E-state index in [-0.39, 0.29) is 0 Å². The molecule has 0 aromatic heterocycles. The van der Waals surface area contributed by atoms with Gasteiger partial charge in [0.15, 0.2) is 0 Å². The maximum Gasteiger partial charge on any atom is 0.0546 e. The second-order valence-electron chi connectivity index (χ2n) is 23.0. The molecule has 412 valence electrons. The molecule has 0 heterocycles. The molecule has 0 amide bonds. The van der Waals surface area contributed by atoms with Gasteiger partial charge in [0.25, 0.3) is 0 Å². The fraction of sp³-hybridized carbons (Fsp3) is 0.275. The molecule has 1 aliphatic carbocycles. The first kappa shape index (κ1) is 54.6. The first-order valence-electron chi connectivity index (χ1n) is 31.4. The van der Waals surface area contributed by atoms with Gasteiger partial charge in [-0.25, -0.2) is 0 Å². The van der Waals surface area contributed by atoms with Gasteiger partial charge in [-0.05, 0) is 248 Å². The van der Waals surface area contributed by atoms with Crippen molar-refractivity contribution in [3.8, 4) is 22.3 Å². The number of rotatable bonds is 18. The van der Waals surface area contributed by atoms with Gasteiger partial charge in [-0.2, -0.15) is 0 Å². The van der Waals surface area contributed by atoms with Crippen LogP contribution in [0.5, 0.6) is 0 Å². The van der Waals surface area contributed by atoms with Crippen molar-refractivity contribution < 1.29 is 0 Å². The minimum atomic E-state index is 0.976. The lowest BCUT2D eigenvalue weighted by molar-refractivity contribution is 0.806.